The van der Waals surface area contributed by atoms with Crippen molar-refractivity contribution >= 4 is 17.6 Å². The van der Waals surface area contributed by atoms with Gasteiger partial charge >= 0.3 is 6.09 Å². The first-order valence-corrected chi connectivity index (χ1v) is 11.0. The zero-order valence-electron chi connectivity index (χ0n) is 19.3. The largest absolute Gasteiger partial charge is 0.480 e. The van der Waals surface area contributed by atoms with Crippen molar-refractivity contribution in [2.24, 2.45) is 0 Å². The van der Waals surface area contributed by atoms with Crippen LogP contribution in [0.5, 0.6) is 5.75 Å². The fourth-order valence-electron chi connectivity index (χ4n) is 4.33. The van der Waals surface area contributed by atoms with Gasteiger partial charge < -0.3 is 25.0 Å². The molecular formula is C23H29FN6O3. The number of nitrogen functional groups attached to an aromatic ring is 1. The van der Waals surface area contributed by atoms with E-state index in [9.17, 15) is 14.4 Å². The number of benzene rings is 1. The number of aromatic nitrogens is 2. The molecule has 1 aromatic heterocycles. The first kappa shape index (κ1) is 22.7. The molecular weight excluding hydrogens is 427 g/mol. The van der Waals surface area contributed by atoms with E-state index < -0.39 is 11.7 Å². The smallest absolute Gasteiger partial charge is 0.410 e. The Hall–Kier alpha value is -3.48. The molecule has 2 atom stereocenters. The molecule has 1 aromatic carbocycles. The summed E-state index contributed by atoms with van der Waals surface area (Å²) in [6.45, 7) is 6.84. The highest BCUT2D eigenvalue weighted by Gasteiger charge is 2.35. The standard InChI is InChI=1S/C23H29FN6O3/c1-23(2,3)33-22(31)29-9-5-6-15(29)12-30-21(26)16(11-25)20(27-30)19-13-28(4)17-10-14(24)7-8-18(17)32-19/h7-8,10,15,19H,5-6,9,12-13,26H2,1-4H3/t15-,19?/m0/s1. The SMILES string of the molecule is CN1CC(c2nn(C[C@@H]3CCCN3C(=O)OC(C)(C)C)c(N)c2C#N)Oc2ccc(F)cc21. The third kappa shape index (κ3) is 4.53. The van der Waals surface area contributed by atoms with Gasteiger partial charge in [-0.1, -0.05) is 0 Å². The molecule has 0 spiro atoms. The van der Waals surface area contributed by atoms with Crippen molar-refractivity contribution in [2.75, 3.05) is 30.8 Å². The molecule has 2 aliphatic rings. The molecule has 0 saturated carbocycles. The first-order valence-electron chi connectivity index (χ1n) is 11.0. The van der Waals surface area contributed by atoms with Gasteiger partial charge in [0.2, 0.25) is 0 Å². The molecule has 2 aromatic rings. The summed E-state index contributed by atoms with van der Waals surface area (Å²) in [7, 11) is 1.83. The molecule has 2 aliphatic heterocycles. The van der Waals surface area contributed by atoms with Gasteiger partial charge in [0, 0.05) is 19.7 Å². The predicted molar refractivity (Wildman–Crippen MR) is 120 cm³/mol. The summed E-state index contributed by atoms with van der Waals surface area (Å²) in [5.74, 6) is 0.402. The van der Waals surface area contributed by atoms with E-state index >= 15 is 0 Å². The van der Waals surface area contributed by atoms with Crippen LogP contribution in [0.3, 0.4) is 0 Å². The van der Waals surface area contributed by atoms with Gasteiger partial charge in [0.15, 0.2) is 6.10 Å². The summed E-state index contributed by atoms with van der Waals surface area (Å²) in [4.78, 5) is 16.2. The van der Waals surface area contributed by atoms with Gasteiger partial charge in [0.1, 0.15) is 40.3 Å². The molecule has 1 saturated heterocycles. The van der Waals surface area contributed by atoms with Crippen LogP contribution in [0.2, 0.25) is 0 Å². The average Bonchev–Trinajstić information content (AvgIpc) is 3.32. The van der Waals surface area contributed by atoms with E-state index in [1.807, 2.05) is 32.7 Å². The van der Waals surface area contributed by atoms with Gasteiger partial charge in [0.25, 0.3) is 0 Å². The van der Waals surface area contributed by atoms with Gasteiger partial charge in [0.05, 0.1) is 24.8 Å². The minimum Gasteiger partial charge on any atom is -0.480 e. The molecule has 10 heteroatoms. The average molecular weight is 457 g/mol. The Balaban J connectivity index is 1.57. The maximum absolute atomic E-state index is 13.6. The number of ether oxygens (including phenoxy) is 2. The second-order valence-electron chi connectivity index (χ2n) is 9.51. The second kappa shape index (κ2) is 8.46. The van der Waals surface area contributed by atoms with Crippen LogP contribution in [0, 0.1) is 17.1 Å². The molecule has 4 rings (SSSR count). The van der Waals surface area contributed by atoms with Crippen molar-refractivity contribution in [3.63, 3.8) is 0 Å². The third-order valence-corrected chi connectivity index (χ3v) is 5.87. The maximum atomic E-state index is 13.6. The second-order valence-corrected chi connectivity index (χ2v) is 9.51. The molecule has 2 N–H and O–H groups in total. The van der Waals surface area contributed by atoms with E-state index in [4.69, 9.17) is 15.2 Å². The lowest BCUT2D eigenvalue weighted by atomic mass is 10.1. The highest BCUT2D eigenvalue weighted by molar-refractivity contribution is 5.69. The monoisotopic (exact) mass is 456 g/mol. The number of amides is 1. The molecule has 0 aliphatic carbocycles. The first-order chi connectivity index (χ1) is 15.6. The van der Waals surface area contributed by atoms with Crippen LogP contribution in [0.25, 0.3) is 0 Å². The van der Waals surface area contributed by atoms with E-state index in [1.54, 1.807) is 15.6 Å². The molecule has 1 unspecified atom stereocenters. The normalized spacial score (nSPS) is 20.2. The summed E-state index contributed by atoms with van der Waals surface area (Å²) < 4.78 is 26.8. The zero-order chi connectivity index (χ0) is 23.9. The van der Waals surface area contributed by atoms with Crippen molar-refractivity contribution in [3.05, 3.63) is 35.3 Å². The van der Waals surface area contributed by atoms with Crippen LogP contribution in [-0.2, 0) is 11.3 Å². The number of carbonyl (C=O) groups is 1. The Morgan fingerprint density at radius 3 is 2.88 bits per heavy atom. The third-order valence-electron chi connectivity index (χ3n) is 5.87. The lowest BCUT2D eigenvalue weighted by Gasteiger charge is -2.33. The quantitative estimate of drug-likeness (QED) is 0.753. The number of hydrogen-bond donors (Lipinski definition) is 1. The zero-order valence-corrected chi connectivity index (χ0v) is 19.3. The Morgan fingerprint density at radius 2 is 2.18 bits per heavy atom. The van der Waals surface area contributed by atoms with Crippen molar-refractivity contribution < 1.29 is 18.7 Å². The number of hydrogen-bond acceptors (Lipinski definition) is 7. The number of nitrogens with zero attached hydrogens (tertiary/aromatic N) is 5. The van der Waals surface area contributed by atoms with Crippen molar-refractivity contribution in [1.29, 1.82) is 5.26 Å². The van der Waals surface area contributed by atoms with Gasteiger partial charge in [-0.15, -0.1) is 0 Å². The molecule has 1 amide bonds. The fraction of sp³-hybridized carbons (Fsp3) is 0.522. The van der Waals surface area contributed by atoms with Crippen LogP contribution in [0.15, 0.2) is 18.2 Å². The number of nitriles is 1. The van der Waals surface area contributed by atoms with Crippen LogP contribution in [0.4, 0.5) is 20.7 Å². The summed E-state index contributed by atoms with van der Waals surface area (Å²) in [5, 5.41) is 14.4. The molecule has 9 nitrogen and oxygen atoms in total. The van der Waals surface area contributed by atoms with E-state index in [-0.39, 0.29) is 29.3 Å². The Kier molecular flexibility index (Phi) is 5.82. The van der Waals surface area contributed by atoms with Crippen LogP contribution >= 0.6 is 0 Å². The highest BCUT2D eigenvalue weighted by atomic mass is 19.1. The highest BCUT2D eigenvalue weighted by Crippen LogP contribution is 2.39. The number of carbonyl (C=O) groups excluding carboxylic acids is 1. The molecule has 176 valence electrons. The van der Waals surface area contributed by atoms with Gasteiger partial charge in [-0.25, -0.2) is 13.9 Å². The predicted octanol–water partition coefficient (Wildman–Crippen LogP) is 3.45. The van der Waals surface area contributed by atoms with Crippen LogP contribution in [0.1, 0.15) is 51.0 Å². The van der Waals surface area contributed by atoms with E-state index in [2.05, 4.69) is 11.2 Å². The van der Waals surface area contributed by atoms with Crippen LogP contribution < -0.4 is 15.4 Å². The van der Waals surface area contributed by atoms with E-state index in [0.29, 0.717) is 36.8 Å². The Bertz CT molecular complexity index is 1100. The number of likely N-dealkylation sites (tertiary alicyclic amines) is 1. The van der Waals surface area contributed by atoms with Gasteiger partial charge in [-0.2, -0.15) is 10.4 Å². The summed E-state index contributed by atoms with van der Waals surface area (Å²) in [5.41, 5.74) is 7.03. The molecule has 33 heavy (non-hydrogen) atoms. The number of halogens is 1. The van der Waals surface area contributed by atoms with E-state index in [1.165, 1.54) is 12.1 Å². The van der Waals surface area contributed by atoms with Gasteiger partial charge in [-0.05, 0) is 45.7 Å². The minimum absolute atomic E-state index is 0.139. The molecule has 0 radical (unpaired) electrons. The number of fused-ring (bicyclic) bond motifs is 1. The molecule has 3 heterocycles. The Morgan fingerprint density at radius 1 is 1.42 bits per heavy atom. The number of rotatable bonds is 3. The lowest BCUT2D eigenvalue weighted by molar-refractivity contribution is 0.0211. The summed E-state index contributed by atoms with van der Waals surface area (Å²) in [6, 6.07) is 6.32. The van der Waals surface area contributed by atoms with Crippen molar-refractivity contribution in [2.45, 2.75) is 57.9 Å². The molecule has 1 fully saturated rings. The number of nitrogens with two attached hydrogens (primary N) is 1. The van der Waals surface area contributed by atoms with Crippen molar-refractivity contribution in [3.8, 4) is 11.8 Å². The summed E-state index contributed by atoms with van der Waals surface area (Å²) in [6.07, 6.45) is 0.735. The topological polar surface area (TPSA) is 110 Å². The maximum Gasteiger partial charge on any atom is 0.410 e. The van der Waals surface area contributed by atoms with Gasteiger partial charge in [-0.3, -0.25) is 0 Å². The number of likely N-dealkylation sites (N-methyl/N-ethyl adjacent to an activating group) is 1. The Labute approximate surface area is 192 Å². The fourth-order valence-corrected chi connectivity index (χ4v) is 4.33. The van der Waals surface area contributed by atoms with E-state index in [0.717, 1.165) is 12.8 Å². The summed E-state index contributed by atoms with van der Waals surface area (Å²) >= 11 is 0. The van der Waals surface area contributed by atoms with Crippen LogP contribution in [-0.4, -0.2) is 52.6 Å². The number of anilines is 2. The van der Waals surface area contributed by atoms with Crippen molar-refractivity contribution in [1.82, 2.24) is 14.7 Å². The molecule has 0 bridgehead atoms. The lowest BCUT2D eigenvalue weighted by Crippen LogP contribution is -2.41. The minimum atomic E-state index is -0.584.